The molecule has 56 valence electrons. The van der Waals surface area contributed by atoms with Crippen LogP contribution < -0.4 is 14.6 Å². The normalized spacial score (nSPS) is 13.8. The number of rotatable bonds is 2. The highest BCUT2D eigenvalue weighted by Crippen LogP contribution is 2.38. The predicted molar refractivity (Wildman–Crippen MR) is 22.8 cm³/mol. The Morgan fingerprint density at radius 1 is 1.22 bits per heavy atom. The first-order valence-electron chi connectivity index (χ1n) is 1.58. The molecule has 0 unspecified atom stereocenters. The fourth-order valence-electron chi connectivity index (χ4n) is 0.160. The van der Waals surface area contributed by atoms with Crippen molar-refractivity contribution in [2.24, 2.45) is 0 Å². The number of hydrogen-bond donors (Lipinski definition) is 3. The second kappa shape index (κ2) is 2.48. The molecule has 0 aromatic carbocycles. The van der Waals surface area contributed by atoms with Gasteiger partial charge in [-0.2, -0.15) is 4.86 Å². The fraction of sp³-hybridized carbons (Fsp3) is 0. The third-order valence-electron chi connectivity index (χ3n) is 0.253. The minimum atomic E-state index is -5.30. The van der Waals surface area contributed by atoms with E-state index in [4.69, 9.17) is 9.79 Å². The molecule has 0 bridgehead atoms. The summed E-state index contributed by atoms with van der Waals surface area (Å²) in [7, 11) is -10.2. The van der Waals surface area contributed by atoms with Gasteiger partial charge in [0.2, 0.25) is 0 Å². The highest BCUT2D eigenvalue weighted by molar-refractivity contribution is 7.64. The molecule has 3 N–H and O–H groups in total. The van der Waals surface area contributed by atoms with Crippen LogP contribution in [0.2, 0.25) is 0 Å². The lowest BCUT2D eigenvalue weighted by molar-refractivity contribution is -0.316. The molecule has 0 atom stereocenters. The van der Waals surface area contributed by atoms with Crippen molar-refractivity contribution in [3.63, 3.8) is 0 Å². The van der Waals surface area contributed by atoms with Crippen LogP contribution in [0.25, 0.3) is 0 Å². The zero-order valence-corrected chi connectivity index (χ0v) is 5.71. The van der Waals surface area contributed by atoms with E-state index in [1.54, 1.807) is 0 Å². The van der Waals surface area contributed by atoms with E-state index < -0.39 is 15.5 Å². The standard InChI is InChI=1S/H5NO6P2/c2-8(3,4)1-9(5,6)7/h(H5,1,2,3,4,5,6,7)/p-2. The Labute approximate surface area is 50.1 Å². The molecule has 7 nitrogen and oxygen atoms in total. The summed E-state index contributed by atoms with van der Waals surface area (Å²) in [5, 5.41) is 0. The maximum atomic E-state index is 9.66. The van der Waals surface area contributed by atoms with Gasteiger partial charge in [0.15, 0.2) is 0 Å². The summed E-state index contributed by atoms with van der Waals surface area (Å²) >= 11 is 0. The zero-order chi connectivity index (χ0) is 7.71. The molecular weight excluding hydrogens is 172 g/mol. The summed E-state index contributed by atoms with van der Waals surface area (Å²) in [5.74, 6) is 0. The Morgan fingerprint density at radius 2 is 1.56 bits per heavy atom. The maximum absolute atomic E-state index is 9.66. The largest absolute Gasteiger partial charge is 0.799 e. The Balaban J connectivity index is 4.07. The molecule has 0 spiro atoms. The van der Waals surface area contributed by atoms with E-state index in [0.29, 0.717) is 4.86 Å². The molecule has 9 heavy (non-hydrogen) atoms. The summed E-state index contributed by atoms with van der Waals surface area (Å²) in [4.78, 5) is 35.2. The van der Waals surface area contributed by atoms with Gasteiger partial charge in [0, 0.05) is 7.75 Å². The summed E-state index contributed by atoms with van der Waals surface area (Å²) < 4.78 is 19.2. The lowest BCUT2D eigenvalue weighted by Crippen LogP contribution is -2.25. The van der Waals surface area contributed by atoms with Crippen LogP contribution in [0.5, 0.6) is 0 Å². The second-order valence-corrected chi connectivity index (χ2v) is 4.02. The van der Waals surface area contributed by atoms with Gasteiger partial charge in [-0.25, -0.2) is 4.57 Å². The average Bonchev–Trinajstić information content (AvgIpc) is 1.14. The van der Waals surface area contributed by atoms with Gasteiger partial charge in [0.05, 0.1) is 0 Å². The van der Waals surface area contributed by atoms with Gasteiger partial charge in [-0.05, 0) is 0 Å². The highest BCUT2D eigenvalue weighted by Gasteiger charge is 2.12. The van der Waals surface area contributed by atoms with Gasteiger partial charge in [0.25, 0.3) is 0 Å². The van der Waals surface area contributed by atoms with E-state index in [1.807, 2.05) is 0 Å². The van der Waals surface area contributed by atoms with Crippen molar-refractivity contribution in [1.29, 1.82) is 0 Å². The fourth-order valence-corrected chi connectivity index (χ4v) is 1.44. The van der Waals surface area contributed by atoms with Crippen molar-refractivity contribution < 1.29 is 28.7 Å². The first-order valence-corrected chi connectivity index (χ1v) is 4.73. The Hall–Kier alpha value is 0.260. The molecule has 0 aliphatic carbocycles. The molecule has 0 radical (unpaired) electrons. The summed E-state index contributed by atoms with van der Waals surface area (Å²) in [5.41, 5.74) is 0. The summed E-state index contributed by atoms with van der Waals surface area (Å²) in [6, 6.07) is 0. The van der Waals surface area contributed by atoms with Crippen LogP contribution >= 0.6 is 15.5 Å². The third kappa shape index (κ3) is 8.26. The summed E-state index contributed by atoms with van der Waals surface area (Å²) in [6.45, 7) is 0. The molecule has 0 rings (SSSR count). The van der Waals surface area contributed by atoms with Crippen molar-refractivity contribution in [1.82, 2.24) is 4.86 Å². The molecule has 0 heterocycles. The van der Waals surface area contributed by atoms with E-state index in [-0.39, 0.29) is 0 Å². The van der Waals surface area contributed by atoms with Gasteiger partial charge < -0.3 is 24.1 Å². The van der Waals surface area contributed by atoms with Gasteiger partial charge in [-0.3, -0.25) is 0 Å². The molecule has 0 aromatic heterocycles. The lowest BCUT2D eigenvalue weighted by Gasteiger charge is -2.29. The van der Waals surface area contributed by atoms with Crippen LogP contribution in [0.4, 0.5) is 0 Å². The summed E-state index contributed by atoms with van der Waals surface area (Å²) in [6.07, 6.45) is 0. The van der Waals surface area contributed by atoms with Gasteiger partial charge in [0.1, 0.15) is 0 Å². The van der Waals surface area contributed by atoms with Crippen molar-refractivity contribution in [3.8, 4) is 0 Å². The van der Waals surface area contributed by atoms with Crippen molar-refractivity contribution in [2.75, 3.05) is 0 Å². The van der Waals surface area contributed by atoms with Crippen LogP contribution in [0, 0.1) is 0 Å². The zero-order valence-electron chi connectivity index (χ0n) is 3.92. The Bertz CT molecular complexity index is 151. The molecule has 0 aromatic rings. The van der Waals surface area contributed by atoms with Crippen molar-refractivity contribution in [3.05, 3.63) is 0 Å². The van der Waals surface area contributed by atoms with Gasteiger partial charge in [-0.1, -0.05) is 0 Å². The first kappa shape index (κ1) is 9.26. The Kier molecular flexibility index (Phi) is 2.55. The highest BCUT2D eigenvalue weighted by atomic mass is 31.3. The average molecular weight is 175 g/mol. The minimum Gasteiger partial charge on any atom is -0.799 e. The van der Waals surface area contributed by atoms with Crippen molar-refractivity contribution in [2.45, 2.75) is 0 Å². The molecule has 0 aliphatic heterocycles. The van der Waals surface area contributed by atoms with E-state index in [1.165, 1.54) is 0 Å². The van der Waals surface area contributed by atoms with E-state index in [0.717, 1.165) is 0 Å². The molecule has 0 amide bonds. The molecule has 0 saturated heterocycles. The molecule has 0 aliphatic rings. The lowest BCUT2D eigenvalue weighted by atomic mass is 13.9. The van der Waals surface area contributed by atoms with Crippen molar-refractivity contribution >= 4 is 15.5 Å². The molecular formula is H3NO6P2-2. The Morgan fingerprint density at radius 3 is 1.56 bits per heavy atom. The second-order valence-electron chi connectivity index (χ2n) is 1.14. The number of hydrogen-bond acceptors (Lipinski definition) is 4. The molecule has 9 heteroatoms. The van der Waals surface area contributed by atoms with Crippen LogP contribution in [0.1, 0.15) is 0 Å². The molecule has 0 saturated carbocycles. The van der Waals surface area contributed by atoms with Gasteiger partial charge >= 0.3 is 7.75 Å². The molecule has 0 fully saturated rings. The van der Waals surface area contributed by atoms with Crippen LogP contribution in [0.3, 0.4) is 0 Å². The predicted octanol–water partition coefficient (Wildman–Crippen LogP) is -2.50. The van der Waals surface area contributed by atoms with E-state index >= 15 is 0 Å². The quantitative estimate of drug-likeness (QED) is 0.395. The smallest absolute Gasteiger partial charge is 0.404 e. The number of nitrogens with one attached hydrogen (secondary N) is 1. The van der Waals surface area contributed by atoms with Crippen LogP contribution in [-0.4, -0.2) is 9.79 Å². The topological polar surface area (TPSA) is 133 Å². The third-order valence-corrected chi connectivity index (χ3v) is 2.27. The van der Waals surface area contributed by atoms with E-state index in [9.17, 15) is 18.9 Å². The van der Waals surface area contributed by atoms with Gasteiger partial charge in [-0.15, -0.1) is 0 Å². The van der Waals surface area contributed by atoms with E-state index in [2.05, 4.69) is 0 Å². The minimum absolute atomic E-state index is 0.569. The van der Waals surface area contributed by atoms with Crippen LogP contribution in [0.15, 0.2) is 0 Å². The monoisotopic (exact) mass is 175 g/mol. The first-order chi connectivity index (χ1) is 3.71. The van der Waals surface area contributed by atoms with Crippen LogP contribution in [-0.2, 0) is 9.13 Å². The SMILES string of the molecule is O=P([O-])([O-])NP(=O)(O)O. The maximum Gasteiger partial charge on any atom is 0.404 e.